The second-order valence-corrected chi connectivity index (χ2v) is 10.0. The van der Waals surface area contributed by atoms with Crippen LogP contribution in [0.4, 0.5) is 4.39 Å². The zero-order valence-electron chi connectivity index (χ0n) is 20.2. The van der Waals surface area contributed by atoms with Crippen molar-refractivity contribution in [2.45, 2.75) is 45.7 Å². The van der Waals surface area contributed by atoms with E-state index in [1.807, 2.05) is 18.2 Å². The number of halogens is 1. The number of carbonyl (C=O) groups is 1. The van der Waals surface area contributed by atoms with Gasteiger partial charge in [-0.1, -0.05) is 31.3 Å². The molecule has 2 aromatic carbocycles. The highest BCUT2D eigenvalue weighted by molar-refractivity contribution is 7.23. The minimum absolute atomic E-state index is 0.0792. The first-order chi connectivity index (χ1) is 17.1. The molecule has 1 aliphatic rings. The van der Waals surface area contributed by atoms with E-state index < -0.39 is 0 Å². The first-order valence-electron chi connectivity index (χ1n) is 12.4. The number of nitrogens with zero attached hydrogens (tertiary/aromatic N) is 4. The molecule has 0 aliphatic heterocycles. The van der Waals surface area contributed by atoms with Gasteiger partial charge in [-0.3, -0.25) is 4.79 Å². The molecule has 1 aliphatic carbocycles. The molecule has 2 heterocycles. The van der Waals surface area contributed by atoms with E-state index in [1.54, 1.807) is 22.7 Å². The molecule has 0 bridgehead atoms. The van der Waals surface area contributed by atoms with E-state index in [0.29, 0.717) is 41.0 Å². The van der Waals surface area contributed by atoms with E-state index in [0.717, 1.165) is 41.8 Å². The zero-order valence-corrected chi connectivity index (χ0v) is 21.0. The van der Waals surface area contributed by atoms with Crippen LogP contribution in [0.1, 0.15) is 49.0 Å². The number of nitrogens with one attached hydrogen (secondary N) is 2. The SMILES string of the molecule is CCN(CC)CCCNC(=O)c1ccc2c(c1)sc1nc(-c3ccc(CNC4CC4)cc3F)nn12. The van der Waals surface area contributed by atoms with Crippen LogP contribution in [-0.2, 0) is 6.54 Å². The Hall–Kier alpha value is -2.88. The Morgan fingerprint density at radius 3 is 2.77 bits per heavy atom. The van der Waals surface area contributed by atoms with Gasteiger partial charge in [-0.05, 0) is 74.8 Å². The maximum absolute atomic E-state index is 14.8. The summed E-state index contributed by atoms with van der Waals surface area (Å²) >= 11 is 1.44. The number of aromatic nitrogens is 3. The Labute approximate surface area is 208 Å². The maximum atomic E-state index is 14.8. The topological polar surface area (TPSA) is 74.6 Å². The fraction of sp³-hybridized carbons (Fsp3) is 0.423. The fourth-order valence-corrected chi connectivity index (χ4v) is 5.19. The Kier molecular flexibility index (Phi) is 7.08. The van der Waals surface area contributed by atoms with Gasteiger partial charge in [0.1, 0.15) is 5.82 Å². The zero-order chi connectivity index (χ0) is 24.4. The van der Waals surface area contributed by atoms with Gasteiger partial charge in [0, 0.05) is 24.7 Å². The van der Waals surface area contributed by atoms with Gasteiger partial charge in [-0.2, -0.15) is 4.98 Å². The third-order valence-electron chi connectivity index (χ3n) is 6.51. The van der Waals surface area contributed by atoms with Gasteiger partial charge >= 0.3 is 0 Å². The van der Waals surface area contributed by atoms with Gasteiger partial charge in [0.05, 0.1) is 15.8 Å². The molecule has 4 aromatic rings. The van der Waals surface area contributed by atoms with E-state index in [4.69, 9.17) is 0 Å². The Bertz CT molecular complexity index is 1340. The van der Waals surface area contributed by atoms with Crippen LogP contribution < -0.4 is 10.6 Å². The highest BCUT2D eigenvalue weighted by atomic mass is 32.1. The van der Waals surface area contributed by atoms with Crippen molar-refractivity contribution in [2.24, 2.45) is 0 Å². The van der Waals surface area contributed by atoms with E-state index in [1.165, 1.54) is 24.2 Å². The number of hydrogen-bond acceptors (Lipinski definition) is 6. The average Bonchev–Trinajstić information content (AvgIpc) is 3.51. The second kappa shape index (κ2) is 10.4. The lowest BCUT2D eigenvalue weighted by molar-refractivity contribution is 0.0952. The van der Waals surface area contributed by atoms with Gasteiger partial charge < -0.3 is 15.5 Å². The van der Waals surface area contributed by atoms with Gasteiger partial charge in [0.2, 0.25) is 4.96 Å². The van der Waals surface area contributed by atoms with Crippen LogP contribution in [0.3, 0.4) is 0 Å². The Morgan fingerprint density at radius 1 is 1.20 bits per heavy atom. The number of thiazole rings is 1. The molecule has 2 aromatic heterocycles. The van der Waals surface area contributed by atoms with Crippen molar-refractivity contribution < 1.29 is 9.18 Å². The smallest absolute Gasteiger partial charge is 0.251 e. The van der Waals surface area contributed by atoms with Crippen molar-refractivity contribution in [3.05, 3.63) is 53.3 Å². The molecule has 0 spiro atoms. The standard InChI is InChI=1S/C26H31FN6OS/c1-3-32(4-2)13-5-12-28-25(34)18-7-11-22-23(15-18)35-26-30-24(31-33(22)26)20-10-6-17(14-21(20)27)16-29-19-8-9-19/h6-7,10-11,14-15,19,29H,3-5,8-9,12-13,16H2,1-2H3,(H,28,34). The average molecular weight is 495 g/mol. The summed E-state index contributed by atoms with van der Waals surface area (Å²) < 4.78 is 17.5. The summed E-state index contributed by atoms with van der Waals surface area (Å²) in [5.41, 5.74) is 2.78. The highest BCUT2D eigenvalue weighted by Crippen LogP contribution is 2.29. The normalized spacial score (nSPS) is 13.8. The highest BCUT2D eigenvalue weighted by Gasteiger charge is 2.21. The van der Waals surface area contributed by atoms with Gasteiger partial charge in [-0.25, -0.2) is 8.91 Å². The summed E-state index contributed by atoms with van der Waals surface area (Å²) in [5, 5.41) is 11.0. The Morgan fingerprint density at radius 2 is 2.03 bits per heavy atom. The van der Waals surface area contributed by atoms with Crippen LogP contribution in [0.5, 0.6) is 0 Å². The largest absolute Gasteiger partial charge is 0.352 e. The van der Waals surface area contributed by atoms with Crippen molar-refractivity contribution in [3.63, 3.8) is 0 Å². The molecule has 0 unspecified atom stereocenters. The van der Waals surface area contributed by atoms with Crippen LogP contribution in [-0.4, -0.2) is 57.6 Å². The van der Waals surface area contributed by atoms with Crippen molar-refractivity contribution in [1.82, 2.24) is 30.1 Å². The summed E-state index contributed by atoms with van der Waals surface area (Å²) in [6, 6.07) is 11.4. The molecular weight excluding hydrogens is 463 g/mol. The molecule has 0 atom stereocenters. The summed E-state index contributed by atoms with van der Waals surface area (Å²) in [5.74, 6) is -0.0283. The predicted octanol–water partition coefficient (Wildman–Crippen LogP) is 4.46. The van der Waals surface area contributed by atoms with Crippen molar-refractivity contribution in [2.75, 3.05) is 26.2 Å². The van der Waals surface area contributed by atoms with E-state index >= 15 is 0 Å². The lowest BCUT2D eigenvalue weighted by Crippen LogP contribution is -2.29. The number of carbonyl (C=O) groups excluding carboxylic acids is 1. The molecule has 1 fully saturated rings. The van der Waals surface area contributed by atoms with Gasteiger partial charge in [0.25, 0.3) is 5.91 Å². The summed E-state index contributed by atoms with van der Waals surface area (Å²) in [6.07, 6.45) is 3.32. The van der Waals surface area contributed by atoms with Crippen molar-refractivity contribution in [3.8, 4) is 11.4 Å². The van der Waals surface area contributed by atoms with Crippen LogP contribution in [0.15, 0.2) is 36.4 Å². The fourth-order valence-electron chi connectivity index (χ4n) is 4.19. The third kappa shape index (κ3) is 5.37. The molecule has 0 radical (unpaired) electrons. The number of amides is 1. The molecule has 0 saturated heterocycles. The summed E-state index contributed by atoms with van der Waals surface area (Å²) in [6.45, 7) is 8.63. The van der Waals surface area contributed by atoms with E-state index in [2.05, 4.69) is 39.5 Å². The van der Waals surface area contributed by atoms with E-state index in [9.17, 15) is 9.18 Å². The molecular formula is C26H31FN6OS. The van der Waals surface area contributed by atoms with Crippen LogP contribution in [0.25, 0.3) is 26.6 Å². The number of rotatable bonds is 11. The lowest BCUT2D eigenvalue weighted by Gasteiger charge is -2.17. The minimum atomic E-state index is -0.317. The first-order valence-corrected chi connectivity index (χ1v) is 13.2. The molecule has 1 amide bonds. The second-order valence-electron chi connectivity index (χ2n) is 9.02. The third-order valence-corrected chi connectivity index (χ3v) is 7.50. The van der Waals surface area contributed by atoms with Crippen LogP contribution in [0.2, 0.25) is 0 Å². The summed E-state index contributed by atoms with van der Waals surface area (Å²) in [7, 11) is 0. The van der Waals surface area contributed by atoms with Crippen molar-refractivity contribution >= 4 is 32.4 Å². The number of hydrogen-bond donors (Lipinski definition) is 2. The molecule has 5 rings (SSSR count). The van der Waals surface area contributed by atoms with Crippen molar-refractivity contribution in [1.29, 1.82) is 0 Å². The molecule has 9 heteroatoms. The molecule has 1 saturated carbocycles. The number of benzene rings is 2. The monoisotopic (exact) mass is 494 g/mol. The molecule has 7 nitrogen and oxygen atoms in total. The first kappa shape index (κ1) is 23.8. The predicted molar refractivity (Wildman–Crippen MR) is 138 cm³/mol. The maximum Gasteiger partial charge on any atom is 0.251 e. The summed E-state index contributed by atoms with van der Waals surface area (Å²) in [4.78, 5) is 20.2. The van der Waals surface area contributed by atoms with E-state index in [-0.39, 0.29) is 11.7 Å². The molecule has 2 N–H and O–H groups in total. The van der Waals surface area contributed by atoms with Gasteiger partial charge in [-0.15, -0.1) is 5.10 Å². The van der Waals surface area contributed by atoms with Gasteiger partial charge in [0.15, 0.2) is 5.82 Å². The minimum Gasteiger partial charge on any atom is -0.352 e. The number of fused-ring (bicyclic) bond motifs is 3. The Balaban J connectivity index is 1.28. The molecule has 35 heavy (non-hydrogen) atoms. The quantitative estimate of drug-likeness (QED) is 0.301. The van der Waals surface area contributed by atoms with Crippen LogP contribution >= 0.6 is 11.3 Å². The lowest BCUT2D eigenvalue weighted by atomic mass is 10.1. The van der Waals surface area contributed by atoms with Crippen LogP contribution in [0, 0.1) is 5.82 Å². The molecule has 184 valence electrons.